The molecule has 2 rings (SSSR count). The van der Waals surface area contributed by atoms with Crippen LogP contribution in [0.15, 0.2) is 17.0 Å². The summed E-state index contributed by atoms with van der Waals surface area (Å²) in [7, 11) is -3.57. The molecule has 0 aromatic heterocycles. The Morgan fingerprint density at radius 1 is 1.45 bits per heavy atom. The molecule has 1 aliphatic heterocycles. The Morgan fingerprint density at radius 3 is 2.80 bits per heavy atom. The predicted octanol–water partition coefficient (Wildman–Crippen LogP) is 2.53. The molecule has 0 radical (unpaired) electrons. The van der Waals surface area contributed by atoms with Gasteiger partial charge in [0.2, 0.25) is 10.0 Å². The third kappa shape index (κ3) is 2.81. The number of benzene rings is 1. The lowest BCUT2D eigenvalue weighted by atomic mass is 10.0. The Kier molecular flexibility index (Phi) is 4.34. The highest BCUT2D eigenvalue weighted by atomic mass is 32.2. The highest BCUT2D eigenvalue weighted by molar-refractivity contribution is 7.89. The van der Waals surface area contributed by atoms with Gasteiger partial charge >= 0.3 is 0 Å². The summed E-state index contributed by atoms with van der Waals surface area (Å²) in [5.74, 6) is -0.153. The van der Waals surface area contributed by atoms with Crippen molar-refractivity contribution in [1.29, 1.82) is 0 Å². The molecule has 1 heterocycles. The van der Waals surface area contributed by atoms with Gasteiger partial charge in [0.05, 0.1) is 10.6 Å². The van der Waals surface area contributed by atoms with E-state index < -0.39 is 15.8 Å². The van der Waals surface area contributed by atoms with Crippen LogP contribution < -0.4 is 5.73 Å². The first-order chi connectivity index (χ1) is 9.36. The number of nitrogens with zero attached hydrogens (tertiary/aromatic N) is 1. The average molecular weight is 300 g/mol. The fourth-order valence-electron chi connectivity index (χ4n) is 2.74. The molecule has 1 aliphatic rings. The van der Waals surface area contributed by atoms with Crippen molar-refractivity contribution in [3.8, 4) is 0 Å². The van der Waals surface area contributed by atoms with E-state index in [0.717, 1.165) is 19.3 Å². The van der Waals surface area contributed by atoms with Crippen molar-refractivity contribution >= 4 is 15.7 Å². The number of hydrogen-bond donors (Lipinski definition) is 1. The number of sulfonamides is 1. The maximum absolute atomic E-state index is 13.4. The number of halogens is 1. The fourth-order valence-corrected chi connectivity index (χ4v) is 4.52. The molecule has 4 nitrogen and oxygen atoms in total. The maximum atomic E-state index is 13.4. The molecule has 1 atom stereocenters. The van der Waals surface area contributed by atoms with Crippen LogP contribution in [0.5, 0.6) is 0 Å². The largest absolute Gasteiger partial charge is 0.396 e. The maximum Gasteiger partial charge on any atom is 0.243 e. The highest BCUT2D eigenvalue weighted by Gasteiger charge is 2.33. The highest BCUT2D eigenvalue weighted by Crippen LogP contribution is 2.30. The van der Waals surface area contributed by atoms with E-state index in [0.29, 0.717) is 24.6 Å². The summed E-state index contributed by atoms with van der Waals surface area (Å²) in [5.41, 5.74) is 5.77. The second-order valence-corrected chi connectivity index (χ2v) is 7.35. The molecule has 112 valence electrons. The van der Waals surface area contributed by atoms with E-state index in [9.17, 15) is 12.8 Å². The van der Waals surface area contributed by atoms with Crippen LogP contribution in [0, 0.1) is 18.7 Å². The molecule has 1 unspecified atom stereocenters. The lowest BCUT2D eigenvalue weighted by Gasteiger charge is -2.18. The minimum atomic E-state index is -3.57. The Balaban J connectivity index is 2.30. The van der Waals surface area contributed by atoms with Crippen molar-refractivity contribution < 1.29 is 12.8 Å². The van der Waals surface area contributed by atoms with E-state index in [1.54, 1.807) is 6.92 Å². The number of aryl methyl sites for hydroxylation is 1. The van der Waals surface area contributed by atoms with Crippen LogP contribution in [0.4, 0.5) is 10.1 Å². The molecule has 6 heteroatoms. The summed E-state index contributed by atoms with van der Waals surface area (Å²) >= 11 is 0. The molecule has 0 aliphatic carbocycles. The summed E-state index contributed by atoms with van der Waals surface area (Å²) in [6, 6.07) is 2.41. The van der Waals surface area contributed by atoms with E-state index in [4.69, 9.17) is 5.73 Å². The van der Waals surface area contributed by atoms with Crippen LogP contribution >= 0.6 is 0 Å². The van der Waals surface area contributed by atoms with Crippen LogP contribution in [-0.4, -0.2) is 25.8 Å². The number of anilines is 1. The standard InChI is InChI=1S/C14H21FN2O2S/c1-3-4-11-5-6-17(9-11)20(18,19)14-8-13(16)12(15)7-10(14)2/h7-8,11H,3-6,9,16H2,1-2H3. The second-order valence-electron chi connectivity index (χ2n) is 5.45. The lowest BCUT2D eigenvalue weighted by Crippen LogP contribution is -2.29. The molecular weight excluding hydrogens is 279 g/mol. The molecular formula is C14H21FN2O2S. The Hall–Kier alpha value is -1.14. The molecule has 1 fully saturated rings. The van der Waals surface area contributed by atoms with Crippen molar-refractivity contribution in [3.05, 3.63) is 23.5 Å². The molecule has 1 saturated heterocycles. The first kappa shape index (κ1) is 15.3. The molecule has 0 bridgehead atoms. The van der Waals surface area contributed by atoms with E-state index >= 15 is 0 Å². The normalized spacial score (nSPS) is 20.4. The van der Waals surface area contributed by atoms with Crippen molar-refractivity contribution in [2.45, 2.75) is 38.0 Å². The number of rotatable bonds is 4. The average Bonchev–Trinajstić information content (AvgIpc) is 2.83. The van der Waals surface area contributed by atoms with Gasteiger partial charge in [-0.15, -0.1) is 0 Å². The van der Waals surface area contributed by atoms with Crippen molar-refractivity contribution in [1.82, 2.24) is 4.31 Å². The van der Waals surface area contributed by atoms with Crippen molar-refractivity contribution in [2.24, 2.45) is 5.92 Å². The first-order valence-corrected chi connectivity index (χ1v) is 8.36. The van der Waals surface area contributed by atoms with Gasteiger partial charge in [0, 0.05) is 13.1 Å². The predicted molar refractivity (Wildman–Crippen MR) is 77.3 cm³/mol. The van der Waals surface area contributed by atoms with Gasteiger partial charge in [-0.25, -0.2) is 12.8 Å². The fraction of sp³-hybridized carbons (Fsp3) is 0.571. The molecule has 20 heavy (non-hydrogen) atoms. The molecule has 1 aromatic carbocycles. The topological polar surface area (TPSA) is 63.4 Å². The van der Waals surface area contributed by atoms with Gasteiger partial charge in [-0.05, 0) is 43.4 Å². The van der Waals surface area contributed by atoms with Crippen LogP contribution in [-0.2, 0) is 10.0 Å². The SMILES string of the molecule is CCCC1CCN(S(=O)(=O)c2cc(N)c(F)cc2C)C1. The third-order valence-corrected chi connectivity index (χ3v) is 5.86. The summed E-state index contributed by atoms with van der Waals surface area (Å²) in [6.45, 7) is 4.77. The summed E-state index contributed by atoms with van der Waals surface area (Å²) in [4.78, 5) is 0.119. The van der Waals surface area contributed by atoms with Crippen LogP contribution in [0.25, 0.3) is 0 Å². The molecule has 0 saturated carbocycles. The summed E-state index contributed by atoms with van der Waals surface area (Å²) in [6.07, 6.45) is 2.99. The Bertz CT molecular complexity index is 601. The number of nitrogen functional groups attached to an aromatic ring is 1. The minimum absolute atomic E-state index is 0.119. The quantitative estimate of drug-likeness (QED) is 0.869. The van der Waals surface area contributed by atoms with E-state index in [1.807, 2.05) is 0 Å². The summed E-state index contributed by atoms with van der Waals surface area (Å²) < 4.78 is 40.1. The van der Waals surface area contributed by atoms with E-state index in [2.05, 4.69) is 6.92 Å². The van der Waals surface area contributed by atoms with E-state index in [1.165, 1.54) is 16.4 Å². The Morgan fingerprint density at radius 2 is 2.15 bits per heavy atom. The van der Waals surface area contributed by atoms with Crippen molar-refractivity contribution in [3.63, 3.8) is 0 Å². The molecule has 2 N–H and O–H groups in total. The van der Waals surface area contributed by atoms with Gasteiger partial charge in [-0.1, -0.05) is 13.3 Å². The first-order valence-electron chi connectivity index (χ1n) is 6.92. The van der Waals surface area contributed by atoms with Gasteiger partial charge in [0.1, 0.15) is 5.82 Å². The number of hydrogen-bond acceptors (Lipinski definition) is 3. The van der Waals surface area contributed by atoms with Crippen LogP contribution in [0.2, 0.25) is 0 Å². The van der Waals surface area contributed by atoms with Crippen LogP contribution in [0.1, 0.15) is 31.7 Å². The van der Waals surface area contributed by atoms with Crippen LogP contribution in [0.3, 0.4) is 0 Å². The smallest absolute Gasteiger partial charge is 0.243 e. The molecule has 0 spiro atoms. The Labute approximate surface area is 119 Å². The zero-order valence-corrected chi connectivity index (χ0v) is 12.7. The number of nitrogens with two attached hydrogens (primary N) is 1. The van der Waals surface area contributed by atoms with Gasteiger partial charge in [0.15, 0.2) is 0 Å². The summed E-state index contributed by atoms with van der Waals surface area (Å²) in [5, 5.41) is 0. The van der Waals surface area contributed by atoms with Gasteiger partial charge in [-0.3, -0.25) is 0 Å². The molecule has 1 aromatic rings. The zero-order valence-electron chi connectivity index (χ0n) is 11.9. The molecule has 0 amide bonds. The lowest BCUT2D eigenvalue weighted by molar-refractivity contribution is 0.444. The van der Waals surface area contributed by atoms with E-state index in [-0.39, 0.29) is 10.6 Å². The van der Waals surface area contributed by atoms with Crippen molar-refractivity contribution in [2.75, 3.05) is 18.8 Å². The van der Waals surface area contributed by atoms with Gasteiger partial charge in [0.25, 0.3) is 0 Å². The monoisotopic (exact) mass is 300 g/mol. The van der Waals surface area contributed by atoms with Gasteiger partial charge in [-0.2, -0.15) is 4.31 Å². The van der Waals surface area contributed by atoms with Gasteiger partial charge < -0.3 is 5.73 Å². The minimum Gasteiger partial charge on any atom is -0.396 e. The third-order valence-electron chi connectivity index (χ3n) is 3.86. The second kappa shape index (κ2) is 5.69. The zero-order chi connectivity index (χ0) is 14.9.